The Balaban J connectivity index is 1.41. The average Bonchev–Trinajstić information content (AvgIpc) is 3.37. The summed E-state index contributed by atoms with van der Waals surface area (Å²) in [6.07, 6.45) is 2.24. The summed E-state index contributed by atoms with van der Waals surface area (Å²) in [5.41, 5.74) is 8.12. The van der Waals surface area contributed by atoms with Gasteiger partial charge in [0.15, 0.2) is 12.0 Å². The molecule has 0 spiro atoms. The van der Waals surface area contributed by atoms with Crippen molar-refractivity contribution >= 4 is 5.91 Å². The van der Waals surface area contributed by atoms with Crippen LogP contribution in [0.15, 0.2) is 78.6 Å². The van der Waals surface area contributed by atoms with Gasteiger partial charge in [0.05, 0.1) is 19.8 Å². The number of benzene rings is 3. The molecule has 1 aliphatic heterocycles. The van der Waals surface area contributed by atoms with Gasteiger partial charge in [0.25, 0.3) is 5.91 Å². The first-order valence-corrected chi connectivity index (χ1v) is 13.2. The van der Waals surface area contributed by atoms with Crippen molar-refractivity contribution in [3.8, 4) is 11.1 Å². The van der Waals surface area contributed by atoms with Crippen molar-refractivity contribution in [2.24, 2.45) is 0 Å². The first-order chi connectivity index (χ1) is 19.0. The fraction of sp³-hybridized carbons (Fsp3) is 0.344. The zero-order valence-corrected chi connectivity index (χ0v) is 22.6. The SMILES string of the molecule is COC(CN(C)C(=O)C1=C[C@H](c2cccc3c2Cc2ccccc2-3)C[C@H](OCc2ccc(CO)cc2)O1)OC. The van der Waals surface area contributed by atoms with Crippen LogP contribution in [0.25, 0.3) is 11.1 Å². The van der Waals surface area contributed by atoms with Crippen LogP contribution in [0.3, 0.4) is 0 Å². The quantitative estimate of drug-likeness (QED) is 0.299. The van der Waals surface area contributed by atoms with Crippen molar-refractivity contribution in [3.63, 3.8) is 0 Å². The van der Waals surface area contributed by atoms with Gasteiger partial charge in [-0.2, -0.15) is 0 Å². The van der Waals surface area contributed by atoms with Gasteiger partial charge in [-0.15, -0.1) is 0 Å². The van der Waals surface area contributed by atoms with E-state index in [1.165, 1.54) is 27.8 Å². The lowest BCUT2D eigenvalue weighted by molar-refractivity contribution is -0.160. The second kappa shape index (κ2) is 12.1. The van der Waals surface area contributed by atoms with Crippen molar-refractivity contribution < 1.29 is 28.8 Å². The predicted octanol–water partition coefficient (Wildman–Crippen LogP) is 4.76. The van der Waals surface area contributed by atoms with Crippen molar-refractivity contribution in [3.05, 3.63) is 106 Å². The zero-order chi connectivity index (χ0) is 27.4. The van der Waals surface area contributed by atoms with Gasteiger partial charge in [-0.05, 0) is 51.4 Å². The smallest absolute Gasteiger partial charge is 0.288 e. The summed E-state index contributed by atoms with van der Waals surface area (Å²) in [6.45, 7) is 0.584. The molecule has 0 saturated carbocycles. The minimum Gasteiger partial charge on any atom is -0.459 e. The van der Waals surface area contributed by atoms with E-state index < -0.39 is 12.6 Å². The number of carbonyl (C=O) groups excluding carboxylic acids is 1. The molecule has 3 aromatic rings. The maximum atomic E-state index is 13.5. The lowest BCUT2D eigenvalue weighted by atomic mass is 9.87. The van der Waals surface area contributed by atoms with Crippen LogP contribution >= 0.6 is 0 Å². The molecular weight excluding hydrogens is 494 g/mol. The number of likely N-dealkylation sites (N-methyl/N-ethyl adjacent to an activating group) is 1. The maximum Gasteiger partial charge on any atom is 0.288 e. The number of fused-ring (bicyclic) bond motifs is 3. The predicted molar refractivity (Wildman–Crippen MR) is 148 cm³/mol. The van der Waals surface area contributed by atoms with Crippen molar-refractivity contribution in [1.82, 2.24) is 4.90 Å². The average molecular weight is 530 g/mol. The number of methoxy groups -OCH3 is 2. The van der Waals surface area contributed by atoms with Crippen molar-refractivity contribution in [2.45, 2.75) is 44.6 Å². The monoisotopic (exact) mass is 529 g/mol. The summed E-state index contributed by atoms with van der Waals surface area (Å²) in [4.78, 5) is 15.0. The van der Waals surface area contributed by atoms with E-state index in [0.29, 0.717) is 13.0 Å². The molecule has 1 N–H and O–H groups in total. The number of amides is 1. The van der Waals surface area contributed by atoms with E-state index in [1.807, 2.05) is 30.3 Å². The first-order valence-electron chi connectivity index (χ1n) is 13.2. The highest BCUT2D eigenvalue weighted by Crippen LogP contribution is 2.43. The Morgan fingerprint density at radius 1 is 1.00 bits per heavy atom. The van der Waals surface area contributed by atoms with Gasteiger partial charge in [-0.25, -0.2) is 0 Å². The number of rotatable bonds is 10. The van der Waals surface area contributed by atoms with Gasteiger partial charge in [0.2, 0.25) is 6.29 Å². The van der Waals surface area contributed by atoms with Gasteiger partial charge in [0, 0.05) is 33.6 Å². The number of allylic oxidation sites excluding steroid dienone is 1. The van der Waals surface area contributed by atoms with E-state index in [2.05, 4.69) is 42.5 Å². The van der Waals surface area contributed by atoms with Gasteiger partial charge < -0.3 is 29.0 Å². The molecule has 1 aliphatic carbocycles. The van der Waals surface area contributed by atoms with Crippen LogP contribution in [-0.2, 0) is 43.4 Å². The molecule has 7 nitrogen and oxygen atoms in total. The molecule has 7 heteroatoms. The Bertz CT molecular complexity index is 1330. The third-order valence-electron chi connectivity index (χ3n) is 7.49. The third-order valence-corrected chi connectivity index (χ3v) is 7.49. The van der Waals surface area contributed by atoms with Crippen LogP contribution in [-0.4, -0.2) is 56.3 Å². The molecular formula is C32H35NO6. The van der Waals surface area contributed by atoms with Crippen LogP contribution < -0.4 is 0 Å². The topological polar surface area (TPSA) is 77.5 Å². The first kappa shape index (κ1) is 27.1. The molecule has 0 fully saturated rings. The number of hydrogen-bond acceptors (Lipinski definition) is 6. The minimum absolute atomic E-state index is 0.00337. The standard InChI is InChI=1S/C32H35NO6/c1-33(18-31(36-2)37-3)32(35)29-16-24(17-30(39-29)38-20-22-13-11-21(19-34)12-14-22)26-9-6-10-27-25-8-5-4-7-23(25)15-28(26)27/h4-14,16,24,30-31,34H,15,17-20H2,1-3H3/t24-,30+/m0/s1. The van der Waals surface area contributed by atoms with E-state index in [0.717, 1.165) is 17.5 Å². The Morgan fingerprint density at radius 3 is 2.46 bits per heavy atom. The minimum atomic E-state index is -0.606. The molecule has 0 radical (unpaired) electrons. The van der Waals surface area contributed by atoms with Crippen LogP contribution in [0.4, 0.5) is 0 Å². The van der Waals surface area contributed by atoms with E-state index in [9.17, 15) is 9.90 Å². The molecule has 0 bridgehead atoms. The molecule has 204 valence electrons. The second-order valence-electron chi connectivity index (χ2n) is 10.0. The Labute approximate surface area is 229 Å². The van der Waals surface area contributed by atoms with Crippen LogP contribution in [0.1, 0.15) is 40.2 Å². The zero-order valence-electron chi connectivity index (χ0n) is 22.6. The summed E-state index contributed by atoms with van der Waals surface area (Å²) in [7, 11) is 4.80. The largest absolute Gasteiger partial charge is 0.459 e. The van der Waals surface area contributed by atoms with Crippen LogP contribution in [0.5, 0.6) is 0 Å². The van der Waals surface area contributed by atoms with E-state index in [1.54, 1.807) is 26.2 Å². The number of aliphatic hydroxyl groups is 1. The van der Waals surface area contributed by atoms with Crippen molar-refractivity contribution in [1.29, 1.82) is 0 Å². The highest BCUT2D eigenvalue weighted by molar-refractivity contribution is 5.91. The van der Waals surface area contributed by atoms with Gasteiger partial charge in [-0.1, -0.05) is 66.7 Å². The molecule has 1 heterocycles. The highest BCUT2D eigenvalue weighted by Gasteiger charge is 2.33. The molecule has 39 heavy (non-hydrogen) atoms. The molecule has 3 aromatic carbocycles. The Morgan fingerprint density at radius 2 is 1.72 bits per heavy atom. The Hall–Kier alpha value is -3.49. The van der Waals surface area contributed by atoms with Crippen molar-refractivity contribution in [2.75, 3.05) is 27.8 Å². The second-order valence-corrected chi connectivity index (χ2v) is 10.0. The molecule has 2 atom stereocenters. The summed E-state index contributed by atoms with van der Waals surface area (Å²) < 4.78 is 22.9. The maximum absolute atomic E-state index is 13.5. The summed E-state index contributed by atoms with van der Waals surface area (Å²) in [5.74, 6) is -0.0539. The molecule has 2 aliphatic rings. The lowest BCUT2D eigenvalue weighted by Crippen LogP contribution is -2.39. The molecule has 0 unspecified atom stereocenters. The summed E-state index contributed by atoms with van der Waals surface area (Å²) in [5, 5.41) is 9.33. The Kier molecular flexibility index (Phi) is 8.43. The van der Waals surface area contributed by atoms with Gasteiger partial charge >= 0.3 is 0 Å². The third kappa shape index (κ3) is 5.92. The number of aliphatic hydroxyl groups excluding tert-OH is 1. The van der Waals surface area contributed by atoms with Crippen LogP contribution in [0.2, 0.25) is 0 Å². The summed E-state index contributed by atoms with van der Waals surface area (Å²) >= 11 is 0. The van der Waals surface area contributed by atoms with E-state index >= 15 is 0 Å². The number of nitrogens with zero attached hydrogens (tertiary/aromatic N) is 1. The number of carbonyl (C=O) groups is 1. The van der Waals surface area contributed by atoms with E-state index in [4.69, 9.17) is 18.9 Å². The van der Waals surface area contributed by atoms with Crippen LogP contribution in [0, 0.1) is 0 Å². The lowest BCUT2D eigenvalue weighted by Gasteiger charge is -2.32. The normalized spacial score (nSPS) is 17.8. The van der Waals surface area contributed by atoms with Gasteiger partial charge in [-0.3, -0.25) is 4.79 Å². The molecule has 5 rings (SSSR count). The molecule has 0 aromatic heterocycles. The van der Waals surface area contributed by atoms with Gasteiger partial charge in [0.1, 0.15) is 0 Å². The molecule has 0 saturated heterocycles. The fourth-order valence-electron chi connectivity index (χ4n) is 5.33. The number of hydrogen-bond donors (Lipinski definition) is 1. The molecule has 1 amide bonds. The number of ether oxygens (including phenoxy) is 4. The summed E-state index contributed by atoms with van der Waals surface area (Å²) in [6, 6.07) is 22.5. The fourth-order valence-corrected chi connectivity index (χ4v) is 5.33. The van der Waals surface area contributed by atoms with E-state index in [-0.39, 0.29) is 30.7 Å². The highest BCUT2D eigenvalue weighted by atomic mass is 16.7.